The van der Waals surface area contributed by atoms with Crippen molar-refractivity contribution in [2.45, 2.75) is 128 Å². The minimum Gasteiger partial charge on any atom is -0.311 e. The molecule has 0 radical (unpaired) electrons. The van der Waals surface area contributed by atoms with Crippen LogP contribution in [0, 0.1) is 0 Å². The summed E-state index contributed by atoms with van der Waals surface area (Å²) >= 11 is 0. The predicted octanol–water partition coefficient (Wildman–Crippen LogP) is 7.72. The molecule has 1 heteroatoms. The van der Waals surface area contributed by atoms with Crippen LogP contribution in [0.2, 0.25) is 0 Å². The maximum absolute atomic E-state index is 3.91. The van der Waals surface area contributed by atoms with Gasteiger partial charge in [0.1, 0.15) is 0 Å². The molecule has 0 bridgehead atoms. The van der Waals surface area contributed by atoms with Crippen molar-refractivity contribution < 1.29 is 0 Å². The molecule has 146 valence electrons. The Labute approximate surface area is 158 Å². The van der Waals surface area contributed by atoms with Crippen LogP contribution in [0.3, 0.4) is 0 Å². The molecule has 1 nitrogen and oxygen atoms in total. The third-order valence-corrected chi connectivity index (χ3v) is 5.76. The SMILES string of the molecule is C=CCCCCCCCCC1CCC(CCCCCCCCC=C)N1. The first-order valence-corrected chi connectivity index (χ1v) is 11.3. The predicted molar refractivity (Wildman–Crippen MR) is 114 cm³/mol. The molecule has 25 heavy (non-hydrogen) atoms. The van der Waals surface area contributed by atoms with Crippen LogP contribution in [0.25, 0.3) is 0 Å². The largest absolute Gasteiger partial charge is 0.311 e. The Hall–Kier alpha value is -0.560. The highest BCUT2D eigenvalue weighted by molar-refractivity contribution is 4.83. The van der Waals surface area contributed by atoms with E-state index in [0.717, 1.165) is 12.1 Å². The van der Waals surface area contributed by atoms with E-state index in [-0.39, 0.29) is 0 Å². The van der Waals surface area contributed by atoms with Crippen LogP contribution in [-0.4, -0.2) is 12.1 Å². The van der Waals surface area contributed by atoms with Crippen LogP contribution in [-0.2, 0) is 0 Å². The lowest BCUT2D eigenvalue weighted by Gasteiger charge is -2.14. The van der Waals surface area contributed by atoms with Crippen molar-refractivity contribution >= 4 is 0 Å². The van der Waals surface area contributed by atoms with Gasteiger partial charge in [0.15, 0.2) is 0 Å². The number of hydrogen-bond donors (Lipinski definition) is 1. The molecule has 0 amide bonds. The minimum absolute atomic E-state index is 0.824. The van der Waals surface area contributed by atoms with E-state index in [1.165, 1.54) is 116 Å². The molecule has 2 unspecified atom stereocenters. The summed E-state index contributed by atoms with van der Waals surface area (Å²) in [5.74, 6) is 0. The van der Waals surface area contributed by atoms with Crippen molar-refractivity contribution in [2.75, 3.05) is 0 Å². The summed E-state index contributed by atoms with van der Waals surface area (Å²) in [5, 5.41) is 3.91. The number of allylic oxidation sites excluding steroid dienone is 2. The summed E-state index contributed by atoms with van der Waals surface area (Å²) in [7, 11) is 0. The van der Waals surface area contributed by atoms with Gasteiger partial charge in [-0.1, -0.05) is 76.4 Å². The van der Waals surface area contributed by atoms with E-state index in [1.807, 2.05) is 12.2 Å². The smallest absolute Gasteiger partial charge is 0.00702 e. The van der Waals surface area contributed by atoms with Gasteiger partial charge >= 0.3 is 0 Å². The van der Waals surface area contributed by atoms with Crippen molar-refractivity contribution in [3.8, 4) is 0 Å². The van der Waals surface area contributed by atoms with E-state index >= 15 is 0 Å². The van der Waals surface area contributed by atoms with Gasteiger partial charge in [0.2, 0.25) is 0 Å². The van der Waals surface area contributed by atoms with Gasteiger partial charge in [0.25, 0.3) is 0 Å². The van der Waals surface area contributed by atoms with Crippen LogP contribution in [0.1, 0.15) is 116 Å². The second-order valence-corrected chi connectivity index (χ2v) is 8.11. The highest BCUT2D eigenvalue weighted by atomic mass is 15.0. The summed E-state index contributed by atoms with van der Waals surface area (Å²) < 4.78 is 0. The first kappa shape index (κ1) is 22.5. The number of unbranched alkanes of at least 4 members (excludes halogenated alkanes) is 12. The lowest BCUT2D eigenvalue weighted by molar-refractivity contribution is 0.452. The van der Waals surface area contributed by atoms with Crippen molar-refractivity contribution in [2.24, 2.45) is 0 Å². The lowest BCUT2D eigenvalue weighted by atomic mass is 10.0. The first-order valence-electron chi connectivity index (χ1n) is 11.3. The molecule has 0 saturated carbocycles. The van der Waals surface area contributed by atoms with E-state index in [0.29, 0.717) is 0 Å². The summed E-state index contributed by atoms with van der Waals surface area (Å²) in [6.07, 6.45) is 29.0. The summed E-state index contributed by atoms with van der Waals surface area (Å²) in [5.41, 5.74) is 0. The minimum atomic E-state index is 0.824. The Morgan fingerprint density at radius 2 is 0.920 bits per heavy atom. The van der Waals surface area contributed by atoms with Crippen LogP contribution < -0.4 is 5.32 Å². The van der Waals surface area contributed by atoms with Crippen molar-refractivity contribution in [1.29, 1.82) is 0 Å². The van der Waals surface area contributed by atoms with Gasteiger partial charge in [0, 0.05) is 12.1 Å². The third-order valence-electron chi connectivity index (χ3n) is 5.76. The van der Waals surface area contributed by atoms with Gasteiger partial charge < -0.3 is 5.32 Å². The second kappa shape index (κ2) is 16.9. The molecule has 1 N–H and O–H groups in total. The zero-order chi connectivity index (χ0) is 18.0. The van der Waals surface area contributed by atoms with Gasteiger partial charge in [-0.3, -0.25) is 0 Å². The normalized spacial score (nSPS) is 20.0. The molecule has 1 fully saturated rings. The molecule has 1 rings (SSSR count). The average Bonchev–Trinajstić information content (AvgIpc) is 3.07. The van der Waals surface area contributed by atoms with Crippen LogP contribution in [0.4, 0.5) is 0 Å². The number of hydrogen-bond acceptors (Lipinski definition) is 1. The molecule has 0 aromatic rings. The van der Waals surface area contributed by atoms with Crippen LogP contribution in [0.15, 0.2) is 25.3 Å². The Morgan fingerprint density at radius 3 is 1.32 bits per heavy atom. The van der Waals surface area contributed by atoms with Gasteiger partial charge in [-0.15, -0.1) is 13.2 Å². The number of nitrogens with one attached hydrogen (secondary N) is 1. The van der Waals surface area contributed by atoms with E-state index in [1.54, 1.807) is 0 Å². The second-order valence-electron chi connectivity index (χ2n) is 8.11. The fraction of sp³-hybridized carbons (Fsp3) is 0.833. The fourth-order valence-corrected chi connectivity index (χ4v) is 4.13. The fourth-order valence-electron chi connectivity index (χ4n) is 4.13. The molecular formula is C24H45N. The molecule has 1 aliphatic rings. The summed E-state index contributed by atoms with van der Waals surface area (Å²) in [6.45, 7) is 7.58. The van der Waals surface area contributed by atoms with Crippen molar-refractivity contribution in [3.05, 3.63) is 25.3 Å². The standard InChI is InChI=1S/C24H45N/c1-3-5-7-9-11-13-15-17-19-23-21-22-24(25-23)20-18-16-14-12-10-8-6-4-2/h3-4,23-25H,1-2,5-22H2. The Balaban J connectivity index is 1.84. The van der Waals surface area contributed by atoms with E-state index < -0.39 is 0 Å². The number of rotatable bonds is 18. The average molecular weight is 348 g/mol. The Morgan fingerprint density at radius 1 is 0.560 bits per heavy atom. The van der Waals surface area contributed by atoms with Crippen molar-refractivity contribution in [1.82, 2.24) is 5.32 Å². The topological polar surface area (TPSA) is 12.0 Å². The summed E-state index contributed by atoms with van der Waals surface area (Å²) in [6, 6.07) is 1.65. The highest BCUT2D eigenvalue weighted by Gasteiger charge is 2.22. The molecule has 1 saturated heterocycles. The molecule has 0 aromatic heterocycles. The summed E-state index contributed by atoms with van der Waals surface area (Å²) in [4.78, 5) is 0. The third kappa shape index (κ3) is 13.3. The molecule has 2 atom stereocenters. The zero-order valence-corrected chi connectivity index (χ0v) is 17.0. The zero-order valence-electron chi connectivity index (χ0n) is 17.0. The molecule has 0 spiro atoms. The molecular weight excluding hydrogens is 302 g/mol. The van der Waals surface area contributed by atoms with Crippen molar-refractivity contribution in [3.63, 3.8) is 0 Å². The molecule has 0 aliphatic carbocycles. The van der Waals surface area contributed by atoms with Gasteiger partial charge in [0.05, 0.1) is 0 Å². The van der Waals surface area contributed by atoms with Crippen LogP contribution >= 0.6 is 0 Å². The molecule has 1 aliphatic heterocycles. The van der Waals surface area contributed by atoms with E-state index in [9.17, 15) is 0 Å². The quantitative estimate of drug-likeness (QED) is 0.198. The van der Waals surface area contributed by atoms with Gasteiger partial charge in [-0.05, 0) is 51.4 Å². The van der Waals surface area contributed by atoms with Crippen LogP contribution in [0.5, 0.6) is 0 Å². The Kier molecular flexibility index (Phi) is 15.2. The highest BCUT2D eigenvalue weighted by Crippen LogP contribution is 2.22. The maximum atomic E-state index is 3.91. The monoisotopic (exact) mass is 347 g/mol. The molecule has 1 heterocycles. The first-order chi connectivity index (χ1) is 12.4. The lowest BCUT2D eigenvalue weighted by Crippen LogP contribution is -2.29. The Bertz CT molecular complexity index is 279. The molecule has 0 aromatic carbocycles. The van der Waals surface area contributed by atoms with Gasteiger partial charge in [-0.2, -0.15) is 0 Å². The van der Waals surface area contributed by atoms with Gasteiger partial charge in [-0.25, -0.2) is 0 Å². The maximum Gasteiger partial charge on any atom is 0.00702 e. The van der Waals surface area contributed by atoms with E-state index in [2.05, 4.69) is 18.5 Å². The van der Waals surface area contributed by atoms with E-state index in [4.69, 9.17) is 0 Å².